The van der Waals surface area contributed by atoms with Gasteiger partial charge in [0.2, 0.25) is 5.82 Å². The van der Waals surface area contributed by atoms with E-state index in [4.69, 9.17) is 20.9 Å². The molecule has 0 radical (unpaired) electrons. The van der Waals surface area contributed by atoms with Crippen molar-refractivity contribution in [1.29, 1.82) is 0 Å². The molecule has 0 amide bonds. The van der Waals surface area contributed by atoms with Gasteiger partial charge in [-0.25, -0.2) is 0 Å². The third kappa shape index (κ3) is 4.18. The lowest BCUT2D eigenvalue weighted by Crippen LogP contribution is -2.03. The lowest BCUT2D eigenvalue weighted by atomic mass is 10.2. The molecular weight excluding hydrogens is 366 g/mol. The van der Waals surface area contributed by atoms with Gasteiger partial charge in [-0.3, -0.25) is 0 Å². The molecule has 26 heavy (non-hydrogen) atoms. The standard InChI is InChI=1S/C18H13ClF2N2O3/c1-24-15-10-11(7-8-14(15)25-18(20)21)9-13(19)17-22-16(23-26-17)12-5-3-2-4-6-12/h2-10,18H,1H3/b13-9-. The number of nitrogens with zero attached hydrogens (tertiary/aromatic N) is 2. The largest absolute Gasteiger partial charge is 0.493 e. The van der Waals surface area contributed by atoms with Crippen LogP contribution in [-0.4, -0.2) is 23.9 Å². The SMILES string of the molecule is COc1cc(/C=C(\Cl)c2nc(-c3ccccc3)no2)ccc1OC(F)F. The van der Waals surface area contributed by atoms with E-state index in [2.05, 4.69) is 14.9 Å². The second-order valence-electron chi connectivity index (χ2n) is 5.07. The van der Waals surface area contributed by atoms with Gasteiger partial charge in [-0.15, -0.1) is 0 Å². The minimum atomic E-state index is -2.94. The van der Waals surface area contributed by atoms with Crippen LogP contribution in [0, 0.1) is 0 Å². The summed E-state index contributed by atoms with van der Waals surface area (Å²) in [7, 11) is 1.35. The van der Waals surface area contributed by atoms with E-state index in [1.54, 1.807) is 12.1 Å². The smallest absolute Gasteiger partial charge is 0.387 e. The molecule has 0 N–H and O–H groups in total. The van der Waals surface area contributed by atoms with Gasteiger partial charge in [0.25, 0.3) is 5.89 Å². The Morgan fingerprint density at radius 3 is 2.62 bits per heavy atom. The van der Waals surface area contributed by atoms with E-state index in [1.165, 1.54) is 19.2 Å². The van der Waals surface area contributed by atoms with Gasteiger partial charge in [0, 0.05) is 5.56 Å². The zero-order valence-corrected chi connectivity index (χ0v) is 14.3. The Bertz CT molecular complexity index is 914. The number of halogens is 3. The van der Waals surface area contributed by atoms with Gasteiger partial charge in [-0.2, -0.15) is 13.8 Å². The van der Waals surface area contributed by atoms with Crippen molar-refractivity contribution in [3.05, 3.63) is 60.0 Å². The van der Waals surface area contributed by atoms with Crippen molar-refractivity contribution in [2.75, 3.05) is 7.11 Å². The molecule has 134 valence electrons. The third-order valence-corrected chi connectivity index (χ3v) is 3.63. The Kier molecular flexibility index (Phi) is 5.48. The minimum Gasteiger partial charge on any atom is -0.493 e. The predicted octanol–water partition coefficient (Wildman–Crippen LogP) is 5.08. The Morgan fingerprint density at radius 2 is 1.92 bits per heavy atom. The van der Waals surface area contributed by atoms with Crippen LogP contribution in [0.5, 0.6) is 11.5 Å². The second-order valence-corrected chi connectivity index (χ2v) is 5.48. The molecule has 1 heterocycles. The van der Waals surface area contributed by atoms with Crippen LogP contribution in [0.3, 0.4) is 0 Å². The fourth-order valence-electron chi connectivity index (χ4n) is 2.20. The van der Waals surface area contributed by atoms with Crippen LogP contribution in [0.15, 0.2) is 53.1 Å². The normalized spacial score (nSPS) is 11.7. The first-order valence-electron chi connectivity index (χ1n) is 7.46. The maximum absolute atomic E-state index is 12.4. The highest BCUT2D eigenvalue weighted by molar-refractivity contribution is 6.50. The zero-order chi connectivity index (χ0) is 18.5. The molecule has 5 nitrogen and oxygen atoms in total. The number of ether oxygens (including phenoxy) is 2. The molecule has 0 bridgehead atoms. The molecule has 3 aromatic rings. The molecule has 2 aromatic carbocycles. The van der Waals surface area contributed by atoms with Gasteiger partial charge in [0.1, 0.15) is 5.03 Å². The summed E-state index contributed by atoms with van der Waals surface area (Å²) in [5.41, 5.74) is 1.38. The van der Waals surface area contributed by atoms with Gasteiger partial charge in [-0.1, -0.05) is 53.2 Å². The maximum Gasteiger partial charge on any atom is 0.387 e. The lowest BCUT2D eigenvalue weighted by molar-refractivity contribution is -0.0512. The summed E-state index contributed by atoms with van der Waals surface area (Å²) in [5, 5.41) is 4.09. The molecule has 8 heteroatoms. The number of hydrogen-bond acceptors (Lipinski definition) is 5. The van der Waals surface area contributed by atoms with Crippen LogP contribution in [-0.2, 0) is 0 Å². The van der Waals surface area contributed by atoms with Gasteiger partial charge in [-0.05, 0) is 23.8 Å². The Morgan fingerprint density at radius 1 is 1.15 bits per heavy atom. The van der Waals surface area contributed by atoms with Crippen molar-refractivity contribution >= 4 is 22.7 Å². The van der Waals surface area contributed by atoms with E-state index in [0.717, 1.165) is 5.56 Å². The van der Waals surface area contributed by atoms with Gasteiger partial charge in [0.15, 0.2) is 11.5 Å². The molecule has 0 spiro atoms. The summed E-state index contributed by atoms with van der Waals surface area (Å²) in [6.07, 6.45) is 1.55. The van der Waals surface area contributed by atoms with Crippen molar-refractivity contribution in [3.63, 3.8) is 0 Å². The van der Waals surface area contributed by atoms with E-state index < -0.39 is 6.61 Å². The molecule has 0 saturated carbocycles. The summed E-state index contributed by atoms with van der Waals surface area (Å²) in [5.74, 6) is 0.627. The number of alkyl halides is 2. The Hall–Kier alpha value is -2.93. The molecule has 3 rings (SSSR count). The van der Waals surface area contributed by atoms with Gasteiger partial charge >= 0.3 is 6.61 Å². The van der Waals surface area contributed by atoms with Crippen LogP contribution < -0.4 is 9.47 Å². The number of rotatable bonds is 6. The van der Waals surface area contributed by atoms with Gasteiger partial charge < -0.3 is 14.0 Å². The van der Waals surface area contributed by atoms with E-state index >= 15 is 0 Å². The highest BCUT2D eigenvalue weighted by Gasteiger charge is 2.13. The van der Waals surface area contributed by atoms with Crippen LogP contribution in [0.25, 0.3) is 22.5 Å². The van der Waals surface area contributed by atoms with Gasteiger partial charge in [0.05, 0.1) is 7.11 Å². The number of aromatic nitrogens is 2. The highest BCUT2D eigenvalue weighted by atomic mass is 35.5. The second kappa shape index (κ2) is 7.97. The summed E-state index contributed by atoms with van der Waals surface area (Å²) in [4.78, 5) is 4.24. The van der Waals surface area contributed by atoms with E-state index in [1.807, 2.05) is 30.3 Å². The zero-order valence-electron chi connectivity index (χ0n) is 13.5. The first-order valence-corrected chi connectivity index (χ1v) is 7.84. The van der Waals surface area contributed by atoms with Crippen LogP contribution in [0.4, 0.5) is 8.78 Å². The summed E-state index contributed by atoms with van der Waals surface area (Å²) in [6.45, 7) is -2.94. The summed E-state index contributed by atoms with van der Waals surface area (Å²) in [6, 6.07) is 13.7. The first kappa shape index (κ1) is 17.9. The van der Waals surface area contributed by atoms with Crippen molar-refractivity contribution in [3.8, 4) is 22.9 Å². The average Bonchev–Trinajstić information content (AvgIpc) is 3.13. The lowest BCUT2D eigenvalue weighted by Gasteiger charge is -2.10. The predicted molar refractivity (Wildman–Crippen MR) is 93.1 cm³/mol. The fourth-order valence-corrected chi connectivity index (χ4v) is 2.40. The number of hydrogen-bond donors (Lipinski definition) is 0. The van der Waals surface area contributed by atoms with Crippen molar-refractivity contribution < 1.29 is 22.8 Å². The average molecular weight is 379 g/mol. The molecule has 0 unspecified atom stereocenters. The van der Waals surface area contributed by atoms with Crippen molar-refractivity contribution in [1.82, 2.24) is 10.1 Å². The summed E-state index contributed by atoms with van der Waals surface area (Å²) >= 11 is 6.23. The molecule has 0 aliphatic carbocycles. The van der Waals surface area contributed by atoms with Crippen LogP contribution in [0.2, 0.25) is 0 Å². The molecule has 0 aliphatic heterocycles. The third-order valence-electron chi connectivity index (χ3n) is 3.36. The monoisotopic (exact) mass is 378 g/mol. The molecule has 0 aliphatic rings. The number of methoxy groups -OCH3 is 1. The Labute approximate surface area is 152 Å². The maximum atomic E-state index is 12.4. The van der Waals surface area contributed by atoms with E-state index in [0.29, 0.717) is 11.4 Å². The molecule has 0 fully saturated rings. The summed E-state index contributed by atoms with van der Waals surface area (Å²) < 4.78 is 39.3. The Balaban J connectivity index is 1.85. The molecular formula is C18H13ClF2N2O3. The minimum absolute atomic E-state index is 0.0695. The van der Waals surface area contributed by atoms with Crippen molar-refractivity contribution in [2.45, 2.75) is 6.61 Å². The number of benzene rings is 2. The van der Waals surface area contributed by atoms with Crippen LogP contribution in [0.1, 0.15) is 11.5 Å². The van der Waals surface area contributed by atoms with E-state index in [-0.39, 0.29) is 22.4 Å². The van der Waals surface area contributed by atoms with Crippen LogP contribution >= 0.6 is 11.6 Å². The molecule has 1 aromatic heterocycles. The highest BCUT2D eigenvalue weighted by Crippen LogP contribution is 2.31. The van der Waals surface area contributed by atoms with Crippen molar-refractivity contribution in [2.24, 2.45) is 0 Å². The molecule has 0 saturated heterocycles. The first-order chi connectivity index (χ1) is 12.6. The topological polar surface area (TPSA) is 57.4 Å². The quantitative estimate of drug-likeness (QED) is 0.598. The molecule has 0 atom stereocenters. The van der Waals surface area contributed by atoms with E-state index in [9.17, 15) is 8.78 Å². The fraction of sp³-hybridized carbons (Fsp3) is 0.111.